The SMILES string of the molecule is Cc1ccc(OCCCC(=O)C(F)(F)C(F)(F)F)cc1. The minimum Gasteiger partial charge on any atom is -0.494 e. The number of Topliss-reactive ketones (excluding diaryl/α,β-unsaturated/α-hetero) is 1. The maximum atomic E-state index is 12.6. The Morgan fingerprint density at radius 2 is 1.65 bits per heavy atom. The molecule has 1 aromatic carbocycles. The molecule has 0 aliphatic heterocycles. The fourth-order valence-corrected chi connectivity index (χ4v) is 1.37. The van der Waals surface area contributed by atoms with Crippen molar-refractivity contribution in [2.24, 2.45) is 0 Å². The molecule has 0 amide bonds. The maximum Gasteiger partial charge on any atom is 0.461 e. The lowest BCUT2D eigenvalue weighted by Crippen LogP contribution is -2.44. The Morgan fingerprint density at radius 1 is 1.10 bits per heavy atom. The lowest BCUT2D eigenvalue weighted by atomic mass is 10.1. The van der Waals surface area contributed by atoms with Crippen LogP contribution in [0.1, 0.15) is 18.4 Å². The first kappa shape index (κ1) is 16.4. The summed E-state index contributed by atoms with van der Waals surface area (Å²) in [4.78, 5) is 10.8. The molecule has 0 radical (unpaired) electrons. The van der Waals surface area contributed by atoms with Crippen molar-refractivity contribution >= 4 is 5.78 Å². The van der Waals surface area contributed by atoms with Crippen molar-refractivity contribution < 1.29 is 31.5 Å². The lowest BCUT2D eigenvalue weighted by Gasteiger charge is -2.17. The Labute approximate surface area is 112 Å². The molecule has 2 nitrogen and oxygen atoms in total. The molecule has 20 heavy (non-hydrogen) atoms. The van der Waals surface area contributed by atoms with E-state index in [1.165, 1.54) is 0 Å². The third-order valence-corrected chi connectivity index (χ3v) is 2.54. The summed E-state index contributed by atoms with van der Waals surface area (Å²) in [6.07, 6.45) is -6.95. The molecule has 0 saturated heterocycles. The van der Waals surface area contributed by atoms with Gasteiger partial charge in [0.25, 0.3) is 0 Å². The smallest absolute Gasteiger partial charge is 0.461 e. The van der Waals surface area contributed by atoms with Gasteiger partial charge < -0.3 is 4.74 Å². The number of hydrogen-bond acceptors (Lipinski definition) is 2. The molecule has 0 atom stereocenters. The predicted octanol–water partition coefficient (Wildman–Crippen LogP) is 3.92. The van der Waals surface area contributed by atoms with Crippen LogP contribution in [-0.4, -0.2) is 24.5 Å². The molecule has 0 saturated carbocycles. The molecule has 0 unspecified atom stereocenters. The zero-order chi connectivity index (χ0) is 15.4. The zero-order valence-corrected chi connectivity index (χ0v) is 10.6. The van der Waals surface area contributed by atoms with Crippen LogP contribution in [0.4, 0.5) is 22.0 Å². The Morgan fingerprint density at radius 3 is 2.15 bits per heavy atom. The summed E-state index contributed by atoms with van der Waals surface area (Å²) in [5, 5.41) is 0. The molecule has 0 N–H and O–H groups in total. The molecular formula is C13H13F5O2. The van der Waals surface area contributed by atoms with Crippen LogP contribution in [0.25, 0.3) is 0 Å². The molecule has 1 aromatic rings. The van der Waals surface area contributed by atoms with E-state index in [2.05, 4.69) is 0 Å². The van der Waals surface area contributed by atoms with Crippen LogP contribution < -0.4 is 4.74 Å². The number of carbonyl (C=O) groups is 1. The molecule has 0 fully saturated rings. The number of halogens is 5. The zero-order valence-electron chi connectivity index (χ0n) is 10.6. The molecule has 0 aliphatic carbocycles. The van der Waals surface area contributed by atoms with Crippen molar-refractivity contribution in [2.75, 3.05) is 6.61 Å². The van der Waals surface area contributed by atoms with Gasteiger partial charge in [0.2, 0.25) is 5.78 Å². The fraction of sp³-hybridized carbons (Fsp3) is 0.462. The molecule has 0 aliphatic rings. The van der Waals surface area contributed by atoms with E-state index in [1.807, 2.05) is 6.92 Å². The summed E-state index contributed by atoms with van der Waals surface area (Å²) in [5.41, 5.74) is 0.998. The highest BCUT2D eigenvalue weighted by Gasteiger charge is 2.62. The standard InChI is InChI=1S/C13H13F5O2/c1-9-4-6-10(7-5-9)20-8-2-3-11(19)12(14,15)13(16,17)18/h4-7H,2-3,8H2,1H3. The van der Waals surface area contributed by atoms with Gasteiger partial charge in [0.1, 0.15) is 5.75 Å². The van der Waals surface area contributed by atoms with E-state index in [4.69, 9.17) is 4.74 Å². The van der Waals surface area contributed by atoms with Gasteiger partial charge in [0, 0.05) is 6.42 Å². The van der Waals surface area contributed by atoms with Crippen LogP contribution in [0.15, 0.2) is 24.3 Å². The normalized spacial score (nSPS) is 12.3. The Hall–Kier alpha value is -1.66. The van der Waals surface area contributed by atoms with Crippen LogP contribution in [-0.2, 0) is 4.79 Å². The number of ether oxygens (including phenoxy) is 1. The Kier molecular flexibility index (Phi) is 5.08. The molecule has 0 bridgehead atoms. The minimum absolute atomic E-state index is 0.108. The van der Waals surface area contributed by atoms with Crippen molar-refractivity contribution in [2.45, 2.75) is 31.9 Å². The number of alkyl halides is 5. The van der Waals surface area contributed by atoms with Crippen molar-refractivity contribution in [3.63, 3.8) is 0 Å². The highest BCUT2D eigenvalue weighted by molar-refractivity contribution is 5.86. The Balaban J connectivity index is 2.38. The third kappa shape index (κ3) is 4.18. The first-order valence-corrected chi connectivity index (χ1v) is 5.82. The predicted molar refractivity (Wildman–Crippen MR) is 61.9 cm³/mol. The average Bonchev–Trinajstić information content (AvgIpc) is 2.35. The van der Waals surface area contributed by atoms with E-state index in [0.717, 1.165) is 5.56 Å². The fourth-order valence-electron chi connectivity index (χ4n) is 1.37. The van der Waals surface area contributed by atoms with Crippen LogP contribution >= 0.6 is 0 Å². The summed E-state index contributed by atoms with van der Waals surface area (Å²) in [6.45, 7) is 1.75. The number of benzene rings is 1. The van der Waals surface area contributed by atoms with Gasteiger partial charge in [-0.1, -0.05) is 17.7 Å². The molecule has 0 heterocycles. The summed E-state index contributed by atoms with van der Waals surface area (Å²) < 4.78 is 66.0. The van der Waals surface area contributed by atoms with Gasteiger partial charge in [-0.15, -0.1) is 0 Å². The summed E-state index contributed by atoms with van der Waals surface area (Å²) in [7, 11) is 0. The van der Waals surface area contributed by atoms with Crippen molar-refractivity contribution in [3.05, 3.63) is 29.8 Å². The maximum absolute atomic E-state index is 12.6. The van der Waals surface area contributed by atoms with Gasteiger partial charge in [-0.05, 0) is 25.5 Å². The van der Waals surface area contributed by atoms with Crippen LogP contribution in [0.3, 0.4) is 0 Å². The first-order chi connectivity index (χ1) is 9.14. The number of carbonyl (C=O) groups excluding carboxylic acids is 1. The van der Waals surface area contributed by atoms with E-state index in [0.29, 0.717) is 5.75 Å². The highest BCUT2D eigenvalue weighted by atomic mass is 19.4. The largest absolute Gasteiger partial charge is 0.494 e. The van der Waals surface area contributed by atoms with Crippen molar-refractivity contribution in [1.29, 1.82) is 0 Å². The molecule has 7 heteroatoms. The number of aryl methyl sites for hydroxylation is 1. The monoisotopic (exact) mass is 296 g/mol. The van der Waals surface area contributed by atoms with Gasteiger partial charge in [-0.2, -0.15) is 22.0 Å². The molecule has 0 aromatic heterocycles. The van der Waals surface area contributed by atoms with Gasteiger partial charge >= 0.3 is 12.1 Å². The van der Waals surface area contributed by atoms with E-state index in [9.17, 15) is 26.7 Å². The summed E-state index contributed by atoms with van der Waals surface area (Å²) in [5.74, 6) is -6.97. The van der Waals surface area contributed by atoms with Gasteiger partial charge in [-0.3, -0.25) is 4.79 Å². The van der Waals surface area contributed by atoms with Crippen molar-refractivity contribution in [1.82, 2.24) is 0 Å². The topological polar surface area (TPSA) is 26.3 Å². The lowest BCUT2D eigenvalue weighted by molar-refractivity contribution is -0.268. The van der Waals surface area contributed by atoms with Gasteiger partial charge in [-0.25, -0.2) is 0 Å². The van der Waals surface area contributed by atoms with E-state index in [1.54, 1.807) is 24.3 Å². The molecule has 1 rings (SSSR count). The van der Waals surface area contributed by atoms with Gasteiger partial charge in [0.05, 0.1) is 6.61 Å². The number of hydrogen-bond donors (Lipinski definition) is 0. The second kappa shape index (κ2) is 6.19. The first-order valence-electron chi connectivity index (χ1n) is 5.82. The Bertz CT molecular complexity index is 451. The summed E-state index contributed by atoms with van der Waals surface area (Å²) in [6, 6.07) is 6.81. The third-order valence-electron chi connectivity index (χ3n) is 2.54. The van der Waals surface area contributed by atoms with E-state index in [-0.39, 0.29) is 13.0 Å². The number of ketones is 1. The molecular weight excluding hydrogens is 283 g/mol. The molecule has 112 valence electrons. The van der Waals surface area contributed by atoms with Crippen molar-refractivity contribution in [3.8, 4) is 5.75 Å². The van der Waals surface area contributed by atoms with Crippen LogP contribution in [0.5, 0.6) is 5.75 Å². The van der Waals surface area contributed by atoms with Crippen LogP contribution in [0.2, 0.25) is 0 Å². The van der Waals surface area contributed by atoms with Gasteiger partial charge in [0.15, 0.2) is 0 Å². The highest BCUT2D eigenvalue weighted by Crippen LogP contribution is 2.37. The summed E-state index contributed by atoms with van der Waals surface area (Å²) >= 11 is 0. The average molecular weight is 296 g/mol. The van der Waals surface area contributed by atoms with E-state index < -0.39 is 24.3 Å². The molecule has 0 spiro atoms. The minimum atomic E-state index is -5.85. The number of rotatable bonds is 6. The second-order valence-electron chi connectivity index (χ2n) is 4.26. The quantitative estimate of drug-likeness (QED) is 0.587. The van der Waals surface area contributed by atoms with E-state index >= 15 is 0 Å². The van der Waals surface area contributed by atoms with Crippen LogP contribution in [0, 0.1) is 6.92 Å². The second-order valence-corrected chi connectivity index (χ2v) is 4.26.